The molecule has 0 aliphatic carbocycles. The summed E-state index contributed by atoms with van der Waals surface area (Å²) in [7, 11) is 1.58. The van der Waals surface area contributed by atoms with E-state index in [-0.39, 0.29) is 12.4 Å². The van der Waals surface area contributed by atoms with Gasteiger partial charge >= 0.3 is 5.97 Å². The molecule has 0 radical (unpaired) electrons. The van der Waals surface area contributed by atoms with Gasteiger partial charge in [0.2, 0.25) is 0 Å². The van der Waals surface area contributed by atoms with Gasteiger partial charge in [-0.15, -0.1) is 0 Å². The highest BCUT2D eigenvalue weighted by molar-refractivity contribution is 5.97. The fraction of sp³-hybridized carbons (Fsp3) is 0.263. The lowest BCUT2D eigenvalue weighted by molar-refractivity contribution is -0.146. The van der Waals surface area contributed by atoms with Crippen molar-refractivity contribution in [2.75, 3.05) is 13.7 Å². The van der Waals surface area contributed by atoms with Crippen molar-refractivity contribution in [3.63, 3.8) is 0 Å². The number of methoxy groups -OCH3 is 1. The molecule has 6 nitrogen and oxygen atoms in total. The smallest absolute Gasteiger partial charge is 0.372 e. The lowest BCUT2D eigenvalue weighted by Gasteiger charge is -2.11. The molecule has 6 heteroatoms. The Morgan fingerprint density at radius 2 is 1.80 bits per heavy atom. The minimum absolute atomic E-state index is 0.0959. The fourth-order valence-corrected chi connectivity index (χ4v) is 2.23. The van der Waals surface area contributed by atoms with Gasteiger partial charge in [0, 0.05) is 5.56 Å². The summed E-state index contributed by atoms with van der Waals surface area (Å²) in [6, 6.07) is 10.9. The molecule has 0 atom stereocenters. The monoisotopic (exact) mass is 342 g/mol. The third kappa shape index (κ3) is 4.97. The highest BCUT2D eigenvalue weighted by Gasteiger charge is 2.09. The van der Waals surface area contributed by atoms with Crippen LogP contribution in [0.1, 0.15) is 22.3 Å². The number of aryl methyl sites for hydroxylation is 2. The maximum absolute atomic E-state index is 11.8. The molecule has 0 heterocycles. The van der Waals surface area contributed by atoms with Crippen molar-refractivity contribution in [1.82, 2.24) is 0 Å². The number of hydrogen-bond acceptors (Lipinski definition) is 5. The number of carbonyl (C=O) groups is 1. The maximum atomic E-state index is 11.8. The van der Waals surface area contributed by atoms with Gasteiger partial charge in [0.05, 0.1) is 7.11 Å². The first kappa shape index (κ1) is 18.3. The molecule has 2 aromatic rings. The van der Waals surface area contributed by atoms with E-state index >= 15 is 0 Å². The number of rotatable bonds is 6. The highest BCUT2D eigenvalue weighted by atomic mass is 16.7. The number of hydrogen-bond donors (Lipinski definition) is 1. The molecule has 0 saturated heterocycles. The van der Waals surface area contributed by atoms with Crippen molar-refractivity contribution in [3.8, 4) is 11.5 Å². The zero-order chi connectivity index (χ0) is 18.4. The molecule has 0 spiro atoms. The molecule has 2 rings (SSSR count). The summed E-state index contributed by atoms with van der Waals surface area (Å²) in [4.78, 5) is 16.6. The molecule has 0 amide bonds. The minimum atomic E-state index is -0.630. The third-order valence-corrected chi connectivity index (χ3v) is 3.74. The molecule has 25 heavy (non-hydrogen) atoms. The van der Waals surface area contributed by atoms with Crippen LogP contribution in [0.4, 0.5) is 0 Å². The van der Waals surface area contributed by atoms with E-state index in [0.29, 0.717) is 17.1 Å². The van der Waals surface area contributed by atoms with Crippen LogP contribution < -0.4 is 15.2 Å². The Labute approximate surface area is 147 Å². The molecule has 0 aromatic heterocycles. The average Bonchev–Trinajstić information content (AvgIpc) is 2.61. The van der Waals surface area contributed by atoms with Gasteiger partial charge in [-0.3, -0.25) is 0 Å². The zero-order valence-corrected chi connectivity index (χ0v) is 14.8. The molecule has 0 aliphatic rings. The summed E-state index contributed by atoms with van der Waals surface area (Å²) < 4.78 is 10.6. The van der Waals surface area contributed by atoms with E-state index < -0.39 is 5.97 Å². The Balaban J connectivity index is 1.93. The lowest BCUT2D eigenvalue weighted by atomic mass is 10.1. The standard InChI is InChI=1S/C19H22N2O4/c1-12-9-13(2)14(3)17(10-12)24-11-18(22)25-21-19(20)15-5-7-16(23-4)8-6-15/h5-10H,11H2,1-4H3,(H2,20,21). The molecule has 0 saturated carbocycles. The van der Waals surface area contributed by atoms with E-state index in [9.17, 15) is 4.79 Å². The van der Waals surface area contributed by atoms with E-state index in [2.05, 4.69) is 11.2 Å². The number of nitrogens with zero attached hydrogens (tertiary/aromatic N) is 1. The van der Waals surface area contributed by atoms with E-state index in [1.165, 1.54) is 0 Å². The normalized spacial score (nSPS) is 11.1. The van der Waals surface area contributed by atoms with Crippen LogP contribution in [0, 0.1) is 20.8 Å². The van der Waals surface area contributed by atoms with Crippen LogP contribution in [-0.4, -0.2) is 25.5 Å². The summed E-state index contributed by atoms with van der Waals surface area (Å²) in [6.45, 7) is 5.66. The molecule has 0 bridgehead atoms. The van der Waals surface area contributed by atoms with E-state index in [0.717, 1.165) is 16.7 Å². The van der Waals surface area contributed by atoms with E-state index in [1.54, 1.807) is 31.4 Å². The molecular formula is C19H22N2O4. The average molecular weight is 342 g/mol. The predicted molar refractivity (Wildman–Crippen MR) is 96.0 cm³/mol. The van der Waals surface area contributed by atoms with Crippen molar-refractivity contribution < 1.29 is 19.1 Å². The van der Waals surface area contributed by atoms with Crippen LogP contribution >= 0.6 is 0 Å². The Morgan fingerprint density at radius 3 is 2.44 bits per heavy atom. The maximum Gasteiger partial charge on any atom is 0.372 e. The molecule has 132 valence electrons. The summed E-state index contributed by atoms with van der Waals surface area (Å²) in [6.07, 6.45) is 0. The summed E-state index contributed by atoms with van der Waals surface area (Å²) >= 11 is 0. The Bertz CT molecular complexity index is 783. The van der Waals surface area contributed by atoms with Gasteiger partial charge < -0.3 is 20.0 Å². The first-order valence-corrected chi connectivity index (χ1v) is 7.79. The quantitative estimate of drug-likeness (QED) is 0.378. The van der Waals surface area contributed by atoms with Crippen LogP contribution in [0.3, 0.4) is 0 Å². The van der Waals surface area contributed by atoms with Crippen LogP contribution in [-0.2, 0) is 9.63 Å². The topological polar surface area (TPSA) is 83.1 Å². The van der Waals surface area contributed by atoms with Gasteiger partial charge in [0.25, 0.3) is 0 Å². The minimum Gasteiger partial charge on any atom is -0.497 e. The third-order valence-electron chi connectivity index (χ3n) is 3.74. The largest absolute Gasteiger partial charge is 0.497 e. The number of amidine groups is 1. The van der Waals surface area contributed by atoms with Gasteiger partial charge in [0.1, 0.15) is 11.5 Å². The molecule has 0 aliphatic heterocycles. The number of ether oxygens (including phenoxy) is 2. The van der Waals surface area contributed by atoms with Gasteiger partial charge in [0.15, 0.2) is 12.4 Å². The Hall–Kier alpha value is -3.02. The van der Waals surface area contributed by atoms with Crippen LogP contribution in [0.2, 0.25) is 0 Å². The summed E-state index contributed by atoms with van der Waals surface area (Å²) in [5, 5.41) is 3.64. The molecular weight excluding hydrogens is 320 g/mol. The summed E-state index contributed by atoms with van der Waals surface area (Å²) in [5.74, 6) is 0.820. The molecule has 2 N–H and O–H groups in total. The molecule has 0 fully saturated rings. The fourth-order valence-electron chi connectivity index (χ4n) is 2.23. The van der Waals surface area contributed by atoms with Gasteiger partial charge in [-0.25, -0.2) is 4.79 Å². The molecule has 2 aromatic carbocycles. The van der Waals surface area contributed by atoms with Crippen molar-refractivity contribution in [2.24, 2.45) is 10.9 Å². The number of nitrogens with two attached hydrogens (primary N) is 1. The first-order valence-electron chi connectivity index (χ1n) is 7.79. The van der Waals surface area contributed by atoms with E-state index in [4.69, 9.17) is 20.0 Å². The van der Waals surface area contributed by atoms with Gasteiger partial charge in [-0.1, -0.05) is 11.2 Å². The van der Waals surface area contributed by atoms with Crippen LogP contribution in [0.15, 0.2) is 41.6 Å². The zero-order valence-electron chi connectivity index (χ0n) is 14.8. The SMILES string of the molecule is COc1ccc(/C(N)=N\OC(=O)COc2cc(C)cc(C)c2C)cc1. The Kier molecular flexibility index (Phi) is 6.00. The highest BCUT2D eigenvalue weighted by Crippen LogP contribution is 2.23. The second-order valence-electron chi connectivity index (χ2n) is 5.66. The van der Waals surface area contributed by atoms with Crippen LogP contribution in [0.25, 0.3) is 0 Å². The second kappa shape index (κ2) is 8.19. The van der Waals surface area contributed by atoms with Crippen molar-refractivity contribution in [1.29, 1.82) is 0 Å². The van der Waals surface area contributed by atoms with Crippen molar-refractivity contribution >= 4 is 11.8 Å². The van der Waals surface area contributed by atoms with Crippen molar-refractivity contribution in [2.45, 2.75) is 20.8 Å². The van der Waals surface area contributed by atoms with Crippen molar-refractivity contribution in [3.05, 3.63) is 58.7 Å². The first-order chi connectivity index (χ1) is 11.9. The number of benzene rings is 2. The second-order valence-corrected chi connectivity index (χ2v) is 5.66. The molecule has 0 unspecified atom stereocenters. The predicted octanol–water partition coefficient (Wildman–Crippen LogP) is 2.86. The Morgan fingerprint density at radius 1 is 1.12 bits per heavy atom. The number of oxime groups is 1. The summed E-state index contributed by atoms with van der Waals surface area (Å²) in [5.41, 5.74) is 9.57. The lowest BCUT2D eigenvalue weighted by Crippen LogP contribution is -2.18. The van der Waals surface area contributed by atoms with Gasteiger partial charge in [-0.2, -0.15) is 0 Å². The van der Waals surface area contributed by atoms with Gasteiger partial charge in [-0.05, 0) is 67.8 Å². The number of carbonyl (C=O) groups excluding carboxylic acids is 1. The van der Waals surface area contributed by atoms with Crippen LogP contribution in [0.5, 0.6) is 11.5 Å². The van der Waals surface area contributed by atoms with E-state index in [1.807, 2.05) is 26.8 Å².